The minimum Gasteiger partial charge on any atom is -0.481 e. The molecule has 0 spiro atoms. The smallest absolute Gasteiger partial charge is 0.343 e. The van der Waals surface area contributed by atoms with E-state index in [0.29, 0.717) is 0 Å². The molecule has 120 valence electrons. The van der Waals surface area contributed by atoms with Gasteiger partial charge in [-0.1, -0.05) is 0 Å². The molecule has 0 saturated carbocycles. The molecule has 0 aliphatic carbocycles. The molecular formula is C13H14F2N2O5. The van der Waals surface area contributed by atoms with E-state index in [0.717, 1.165) is 24.1 Å². The van der Waals surface area contributed by atoms with Crippen molar-refractivity contribution in [2.45, 2.75) is 6.42 Å². The number of urea groups is 1. The third kappa shape index (κ3) is 4.40. The Kier molecular flexibility index (Phi) is 5.79. The molecular weight excluding hydrogens is 302 g/mol. The summed E-state index contributed by atoms with van der Waals surface area (Å²) in [7, 11) is 2.31. The lowest BCUT2D eigenvalue weighted by Crippen LogP contribution is -2.33. The Bertz CT molecular complexity index is 583. The van der Waals surface area contributed by atoms with E-state index >= 15 is 0 Å². The van der Waals surface area contributed by atoms with Gasteiger partial charge in [0.05, 0.1) is 13.5 Å². The van der Waals surface area contributed by atoms with E-state index in [9.17, 15) is 23.2 Å². The van der Waals surface area contributed by atoms with Gasteiger partial charge in [-0.2, -0.15) is 0 Å². The molecule has 9 heteroatoms. The molecule has 1 rings (SSSR count). The largest absolute Gasteiger partial charge is 0.481 e. The topological polar surface area (TPSA) is 95.9 Å². The number of nitrogens with zero attached hydrogens (tertiary/aromatic N) is 1. The van der Waals surface area contributed by atoms with Crippen LogP contribution in [0.15, 0.2) is 12.1 Å². The highest BCUT2D eigenvalue weighted by molar-refractivity contribution is 5.92. The molecule has 0 heterocycles. The number of amides is 2. The van der Waals surface area contributed by atoms with Gasteiger partial charge in [0.2, 0.25) is 0 Å². The minimum atomic E-state index is -1.18. The van der Waals surface area contributed by atoms with Gasteiger partial charge in [-0.15, -0.1) is 0 Å². The summed E-state index contributed by atoms with van der Waals surface area (Å²) in [6.45, 7) is -0.0770. The van der Waals surface area contributed by atoms with E-state index in [1.165, 1.54) is 7.05 Å². The summed E-state index contributed by atoms with van der Waals surface area (Å²) in [5.41, 5.74) is -1.07. The van der Waals surface area contributed by atoms with Gasteiger partial charge in [-0.25, -0.2) is 18.4 Å². The first-order chi connectivity index (χ1) is 10.3. The van der Waals surface area contributed by atoms with Gasteiger partial charge < -0.3 is 20.1 Å². The fourth-order valence-electron chi connectivity index (χ4n) is 1.53. The van der Waals surface area contributed by atoms with Crippen molar-refractivity contribution in [3.63, 3.8) is 0 Å². The fraction of sp³-hybridized carbons (Fsp3) is 0.308. The van der Waals surface area contributed by atoms with Gasteiger partial charge in [0, 0.05) is 19.3 Å². The third-order valence-corrected chi connectivity index (χ3v) is 2.69. The van der Waals surface area contributed by atoms with Gasteiger partial charge in [-0.3, -0.25) is 4.79 Å². The normalized spacial score (nSPS) is 10.0. The number of esters is 1. The summed E-state index contributed by atoms with van der Waals surface area (Å²) < 4.78 is 31.6. The molecule has 1 aromatic rings. The molecule has 0 fully saturated rings. The molecule has 0 atom stereocenters. The molecule has 1 aromatic carbocycles. The number of carbonyl (C=O) groups is 3. The first-order valence-electron chi connectivity index (χ1n) is 6.07. The average Bonchev–Trinajstić information content (AvgIpc) is 2.43. The van der Waals surface area contributed by atoms with Gasteiger partial charge >= 0.3 is 18.0 Å². The Morgan fingerprint density at radius 3 is 2.27 bits per heavy atom. The average molecular weight is 316 g/mol. The van der Waals surface area contributed by atoms with Gasteiger partial charge in [0.1, 0.15) is 17.2 Å². The fourth-order valence-corrected chi connectivity index (χ4v) is 1.53. The van der Waals surface area contributed by atoms with Crippen LogP contribution >= 0.6 is 0 Å². The Morgan fingerprint density at radius 2 is 1.82 bits per heavy atom. The van der Waals surface area contributed by atoms with Crippen molar-refractivity contribution in [3.05, 3.63) is 29.3 Å². The van der Waals surface area contributed by atoms with Crippen LogP contribution in [0.4, 0.5) is 19.3 Å². The Balaban J connectivity index is 2.84. The van der Waals surface area contributed by atoms with E-state index in [4.69, 9.17) is 5.11 Å². The van der Waals surface area contributed by atoms with Crippen LogP contribution in [0.1, 0.15) is 16.8 Å². The number of benzene rings is 1. The number of aliphatic carboxylic acids is 1. The van der Waals surface area contributed by atoms with Crippen molar-refractivity contribution >= 4 is 23.7 Å². The van der Waals surface area contributed by atoms with Crippen molar-refractivity contribution < 1.29 is 33.0 Å². The summed E-state index contributed by atoms with van der Waals surface area (Å²) in [6, 6.07) is 0.780. The number of rotatable bonds is 5. The van der Waals surface area contributed by atoms with Crippen LogP contribution in [0.3, 0.4) is 0 Å². The van der Waals surface area contributed by atoms with Crippen LogP contribution in [0.25, 0.3) is 0 Å². The third-order valence-electron chi connectivity index (χ3n) is 2.69. The van der Waals surface area contributed by atoms with Gasteiger partial charge in [-0.05, 0) is 12.1 Å². The zero-order valence-electron chi connectivity index (χ0n) is 11.9. The summed E-state index contributed by atoms with van der Waals surface area (Å²) in [4.78, 5) is 34.3. The molecule has 0 unspecified atom stereocenters. The highest BCUT2D eigenvalue weighted by Gasteiger charge is 2.20. The minimum absolute atomic E-state index is 0.0770. The molecule has 0 aliphatic rings. The maximum atomic E-state index is 13.7. The lowest BCUT2D eigenvalue weighted by Gasteiger charge is -2.17. The molecule has 0 bridgehead atoms. The summed E-state index contributed by atoms with van der Waals surface area (Å²) in [5.74, 6) is -4.63. The summed E-state index contributed by atoms with van der Waals surface area (Å²) in [6.07, 6.45) is -0.270. The number of carboxylic acid groups (broad SMARTS) is 1. The summed E-state index contributed by atoms with van der Waals surface area (Å²) >= 11 is 0. The molecule has 2 N–H and O–H groups in total. The van der Waals surface area contributed by atoms with E-state index < -0.39 is 35.2 Å². The van der Waals surface area contributed by atoms with Gasteiger partial charge in [0.25, 0.3) is 0 Å². The number of methoxy groups -OCH3 is 1. The van der Waals surface area contributed by atoms with Crippen LogP contribution in [0, 0.1) is 11.6 Å². The second kappa shape index (κ2) is 7.34. The van der Waals surface area contributed by atoms with E-state index in [1.54, 1.807) is 0 Å². The van der Waals surface area contributed by atoms with Gasteiger partial charge in [0.15, 0.2) is 0 Å². The molecule has 0 aliphatic heterocycles. The molecule has 0 radical (unpaired) electrons. The van der Waals surface area contributed by atoms with E-state index in [-0.39, 0.29) is 18.7 Å². The van der Waals surface area contributed by atoms with Crippen molar-refractivity contribution in [3.8, 4) is 0 Å². The second-order valence-electron chi connectivity index (χ2n) is 4.30. The summed E-state index contributed by atoms with van der Waals surface area (Å²) in [5, 5.41) is 10.7. The lowest BCUT2D eigenvalue weighted by atomic mass is 10.1. The lowest BCUT2D eigenvalue weighted by molar-refractivity contribution is -0.137. The molecule has 22 heavy (non-hydrogen) atoms. The number of halogens is 2. The number of hydrogen-bond donors (Lipinski definition) is 2. The monoisotopic (exact) mass is 316 g/mol. The SMILES string of the molecule is COC(=O)c1c(F)cc(NC(=O)N(C)CCC(=O)O)cc1F. The van der Waals surface area contributed by atoms with Crippen LogP contribution in [0.2, 0.25) is 0 Å². The van der Waals surface area contributed by atoms with Crippen LogP contribution in [-0.2, 0) is 9.53 Å². The zero-order chi connectivity index (χ0) is 16.9. The maximum absolute atomic E-state index is 13.7. The first kappa shape index (κ1) is 17.3. The van der Waals surface area contributed by atoms with Crippen molar-refractivity contribution in [2.24, 2.45) is 0 Å². The van der Waals surface area contributed by atoms with Crippen molar-refractivity contribution in [1.29, 1.82) is 0 Å². The van der Waals surface area contributed by atoms with E-state index in [1.807, 2.05) is 0 Å². The maximum Gasteiger partial charge on any atom is 0.343 e. The Labute approximate surface area is 124 Å². The van der Waals surface area contributed by atoms with Crippen LogP contribution in [0.5, 0.6) is 0 Å². The second-order valence-corrected chi connectivity index (χ2v) is 4.30. The Hall–Kier alpha value is -2.71. The predicted octanol–water partition coefficient (Wildman–Crippen LogP) is 1.69. The number of carbonyl (C=O) groups excluding carboxylic acids is 2. The van der Waals surface area contributed by atoms with Crippen molar-refractivity contribution in [1.82, 2.24) is 4.90 Å². The standard InChI is InChI=1S/C13H14F2N2O5/c1-17(4-3-10(18)19)13(21)16-7-5-8(14)11(9(15)6-7)12(20)22-2/h5-6H,3-4H2,1-2H3,(H,16,21)(H,18,19). The first-order valence-corrected chi connectivity index (χ1v) is 6.07. The zero-order valence-corrected chi connectivity index (χ0v) is 11.9. The molecule has 2 amide bonds. The number of nitrogens with one attached hydrogen (secondary N) is 1. The number of carboxylic acids is 1. The predicted molar refractivity (Wildman–Crippen MR) is 71.6 cm³/mol. The van der Waals surface area contributed by atoms with E-state index in [2.05, 4.69) is 10.1 Å². The Morgan fingerprint density at radius 1 is 1.27 bits per heavy atom. The van der Waals surface area contributed by atoms with Crippen molar-refractivity contribution in [2.75, 3.05) is 26.0 Å². The van der Waals surface area contributed by atoms with Crippen LogP contribution < -0.4 is 5.32 Å². The number of hydrogen-bond acceptors (Lipinski definition) is 4. The molecule has 0 aromatic heterocycles. The molecule has 7 nitrogen and oxygen atoms in total. The molecule has 0 saturated heterocycles. The number of ether oxygens (including phenoxy) is 1. The highest BCUT2D eigenvalue weighted by Crippen LogP contribution is 2.20. The number of anilines is 1. The quantitative estimate of drug-likeness (QED) is 0.806. The van der Waals surface area contributed by atoms with Crippen LogP contribution in [-0.4, -0.2) is 48.7 Å². The highest BCUT2D eigenvalue weighted by atomic mass is 19.1.